The first-order valence-electron chi connectivity index (χ1n) is 7.73. The fourth-order valence-electron chi connectivity index (χ4n) is 3.11. The van der Waals surface area contributed by atoms with Crippen LogP contribution in [-0.2, 0) is 0 Å². The molecule has 0 radical (unpaired) electrons. The molecule has 3 unspecified atom stereocenters. The Morgan fingerprint density at radius 2 is 2.19 bits per heavy atom. The summed E-state index contributed by atoms with van der Waals surface area (Å²) < 4.78 is 0. The maximum atomic E-state index is 4.53. The van der Waals surface area contributed by atoms with Crippen molar-refractivity contribution in [3.63, 3.8) is 0 Å². The van der Waals surface area contributed by atoms with Crippen molar-refractivity contribution in [2.24, 2.45) is 0 Å². The summed E-state index contributed by atoms with van der Waals surface area (Å²) in [5, 5.41) is 6.98. The summed E-state index contributed by atoms with van der Waals surface area (Å²) in [7, 11) is 0. The molecule has 1 aliphatic rings. The Morgan fingerprint density at radius 3 is 2.86 bits per heavy atom. The van der Waals surface area contributed by atoms with E-state index >= 15 is 0 Å². The average Bonchev–Trinajstić information content (AvgIpc) is 3.09. The van der Waals surface area contributed by atoms with Gasteiger partial charge in [-0.15, -0.1) is 11.3 Å². The zero-order chi connectivity index (χ0) is 14.7. The quantitative estimate of drug-likeness (QED) is 0.934. The highest BCUT2D eigenvalue weighted by Gasteiger charge is 2.32. The summed E-state index contributed by atoms with van der Waals surface area (Å²) in [5.74, 6) is 0. The molecule has 4 heteroatoms. The van der Waals surface area contributed by atoms with E-state index in [4.69, 9.17) is 0 Å². The molecule has 3 nitrogen and oxygen atoms in total. The smallest absolute Gasteiger partial charge is 0.109 e. The van der Waals surface area contributed by atoms with E-state index in [2.05, 4.69) is 64.8 Å². The van der Waals surface area contributed by atoms with Crippen LogP contribution in [0.15, 0.2) is 41.9 Å². The van der Waals surface area contributed by atoms with Crippen molar-refractivity contribution in [3.8, 4) is 0 Å². The molecule has 1 aromatic heterocycles. The molecule has 1 N–H and O–H groups in total. The third-order valence-electron chi connectivity index (χ3n) is 4.41. The molecule has 3 atom stereocenters. The number of rotatable bonds is 4. The molecule has 3 rings (SSSR count). The van der Waals surface area contributed by atoms with Gasteiger partial charge in [0.25, 0.3) is 0 Å². The van der Waals surface area contributed by atoms with Gasteiger partial charge >= 0.3 is 0 Å². The van der Waals surface area contributed by atoms with Gasteiger partial charge in [0.2, 0.25) is 0 Å². The number of benzene rings is 1. The predicted molar refractivity (Wildman–Crippen MR) is 88.5 cm³/mol. The summed E-state index contributed by atoms with van der Waals surface area (Å²) in [4.78, 5) is 7.14. The lowest BCUT2D eigenvalue weighted by Gasteiger charge is -2.43. The minimum atomic E-state index is 0.367. The van der Waals surface area contributed by atoms with Crippen molar-refractivity contribution in [2.45, 2.75) is 38.4 Å². The van der Waals surface area contributed by atoms with Gasteiger partial charge in [-0.25, -0.2) is 4.98 Å². The summed E-state index contributed by atoms with van der Waals surface area (Å²) in [5.41, 5.74) is 1.39. The molecule has 2 heterocycles. The van der Waals surface area contributed by atoms with Crippen molar-refractivity contribution in [3.05, 3.63) is 52.5 Å². The largest absolute Gasteiger partial charge is 0.311 e. The second kappa shape index (κ2) is 6.69. The van der Waals surface area contributed by atoms with E-state index in [0.717, 1.165) is 13.1 Å². The Labute approximate surface area is 131 Å². The van der Waals surface area contributed by atoms with Crippen LogP contribution in [0.4, 0.5) is 0 Å². The van der Waals surface area contributed by atoms with Gasteiger partial charge in [-0.3, -0.25) is 4.90 Å². The van der Waals surface area contributed by atoms with Gasteiger partial charge in [-0.05, 0) is 18.9 Å². The van der Waals surface area contributed by atoms with Crippen molar-refractivity contribution in [2.75, 3.05) is 13.1 Å². The van der Waals surface area contributed by atoms with E-state index in [0.29, 0.717) is 18.1 Å². The number of thiazole rings is 1. The number of nitrogens with zero attached hydrogens (tertiary/aromatic N) is 2. The molecule has 112 valence electrons. The standard InChI is InChI=1S/C17H23N3S/c1-3-15-12-20(13(2)17-18-9-10-21-17)16(11-19-15)14-7-5-4-6-8-14/h4-10,13,15-16,19H,3,11-12H2,1-2H3. The van der Waals surface area contributed by atoms with Gasteiger partial charge in [-0.2, -0.15) is 0 Å². The van der Waals surface area contributed by atoms with Gasteiger partial charge in [0.1, 0.15) is 5.01 Å². The number of piperazine rings is 1. The first kappa shape index (κ1) is 14.7. The lowest BCUT2D eigenvalue weighted by Crippen LogP contribution is -2.52. The normalized spacial score (nSPS) is 24.9. The summed E-state index contributed by atoms with van der Waals surface area (Å²) in [6.07, 6.45) is 3.08. The van der Waals surface area contributed by atoms with Crippen LogP contribution in [0.1, 0.15) is 42.9 Å². The van der Waals surface area contributed by atoms with Crippen molar-refractivity contribution < 1.29 is 0 Å². The molecule has 1 fully saturated rings. The molecule has 1 aromatic carbocycles. The maximum absolute atomic E-state index is 4.53. The zero-order valence-electron chi connectivity index (χ0n) is 12.7. The summed E-state index contributed by atoms with van der Waals surface area (Å²) in [6, 6.07) is 12.2. The van der Waals surface area contributed by atoms with Crippen molar-refractivity contribution in [1.82, 2.24) is 15.2 Å². The minimum Gasteiger partial charge on any atom is -0.311 e. The van der Waals surface area contributed by atoms with E-state index in [1.54, 1.807) is 11.3 Å². The van der Waals surface area contributed by atoms with E-state index in [9.17, 15) is 0 Å². The number of nitrogens with one attached hydrogen (secondary N) is 1. The molecular weight excluding hydrogens is 278 g/mol. The van der Waals surface area contributed by atoms with Crippen LogP contribution in [0, 0.1) is 0 Å². The monoisotopic (exact) mass is 301 g/mol. The van der Waals surface area contributed by atoms with Crippen molar-refractivity contribution in [1.29, 1.82) is 0 Å². The van der Waals surface area contributed by atoms with E-state index in [1.165, 1.54) is 17.0 Å². The van der Waals surface area contributed by atoms with Crippen LogP contribution in [0.2, 0.25) is 0 Å². The zero-order valence-corrected chi connectivity index (χ0v) is 13.5. The summed E-state index contributed by atoms with van der Waals surface area (Å²) in [6.45, 7) is 6.63. The molecule has 21 heavy (non-hydrogen) atoms. The topological polar surface area (TPSA) is 28.2 Å². The van der Waals surface area contributed by atoms with Crippen LogP contribution in [0.3, 0.4) is 0 Å². The van der Waals surface area contributed by atoms with E-state index in [1.807, 2.05) is 6.20 Å². The second-order valence-corrected chi connectivity index (χ2v) is 6.61. The molecule has 2 aromatic rings. The van der Waals surface area contributed by atoms with Crippen LogP contribution in [0.5, 0.6) is 0 Å². The SMILES string of the molecule is CCC1CN(C(C)c2nccs2)C(c2ccccc2)CN1. The maximum Gasteiger partial charge on any atom is 0.109 e. The van der Waals surface area contributed by atoms with Gasteiger partial charge in [0.05, 0.1) is 6.04 Å². The number of hydrogen-bond donors (Lipinski definition) is 1. The Kier molecular flexibility index (Phi) is 4.68. The van der Waals surface area contributed by atoms with E-state index < -0.39 is 0 Å². The van der Waals surface area contributed by atoms with Crippen LogP contribution in [0.25, 0.3) is 0 Å². The fraction of sp³-hybridized carbons (Fsp3) is 0.471. The molecule has 1 aliphatic heterocycles. The highest BCUT2D eigenvalue weighted by molar-refractivity contribution is 7.09. The average molecular weight is 301 g/mol. The van der Waals surface area contributed by atoms with Crippen LogP contribution < -0.4 is 5.32 Å². The van der Waals surface area contributed by atoms with Gasteiger partial charge < -0.3 is 5.32 Å². The van der Waals surface area contributed by atoms with E-state index in [-0.39, 0.29) is 0 Å². The highest BCUT2D eigenvalue weighted by atomic mass is 32.1. The lowest BCUT2D eigenvalue weighted by atomic mass is 9.98. The Bertz CT molecular complexity index is 540. The third-order valence-corrected chi connectivity index (χ3v) is 5.36. The number of hydrogen-bond acceptors (Lipinski definition) is 4. The first-order valence-corrected chi connectivity index (χ1v) is 8.61. The lowest BCUT2D eigenvalue weighted by molar-refractivity contribution is 0.0871. The van der Waals surface area contributed by atoms with Gasteiger partial charge in [-0.1, -0.05) is 37.3 Å². The minimum absolute atomic E-state index is 0.367. The predicted octanol–water partition coefficient (Wildman–Crippen LogP) is 3.63. The molecule has 1 saturated heterocycles. The van der Waals surface area contributed by atoms with Gasteiger partial charge in [0, 0.05) is 36.8 Å². The highest BCUT2D eigenvalue weighted by Crippen LogP contribution is 2.33. The molecule has 0 saturated carbocycles. The summed E-state index contributed by atoms with van der Waals surface area (Å²) >= 11 is 1.76. The molecular formula is C17H23N3S. The number of aromatic nitrogens is 1. The van der Waals surface area contributed by atoms with Crippen LogP contribution >= 0.6 is 11.3 Å². The Morgan fingerprint density at radius 1 is 1.38 bits per heavy atom. The van der Waals surface area contributed by atoms with Crippen LogP contribution in [-0.4, -0.2) is 29.0 Å². The third kappa shape index (κ3) is 3.18. The first-order chi connectivity index (χ1) is 10.3. The molecule has 0 amide bonds. The van der Waals surface area contributed by atoms with Crippen molar-refractivity contribution >= 4 is 11.3 Å². The Balaban J connectivity index is 1.87. The van der Waals surface area contributed by atoms with Gasteiger partial charge in [0.15, 0.2) is 0 Å². The Hall–Kier alpha value is -1.23. The molecule has 0 aliphatic carbocycles. The molecule has 0 bridgehead atoms. The second-order valence-electron chi connectivity index (χ2n) is 5.68. The molecule has 0 spiro atoms. The fourth-order valence-corrected chi connectivity index (χ4v) is 3.83.